The van der Waals surface area contributed by atoms with Crippen LogP contribution in [0.3, 0.4) is 0 Å². The minimum absolute atomic E-state index is 0.277. The van der Waals surface area contributed by atoms with Gasteiger partial charge in [-0.2, -0.15) is 16.8 Å². The monoisotopic (exact) mass is 386 g/mol. The number of ether oxygens (including phenoxy) is 1. The zero-order valence-electron chi connectivity index (χ0n) is 15.4. The summed E-state index contributed by atoms with van der Waals surface area (Å²) in [5.74, 6) is 1.24. The molecule has 0 bridgehead atoms. The Balaban J connectivity index is 2.18. The van der Waals surface area contributed by atoms with Gasteiger partial charge in [0.25, 0.3) is 5.91 Å². The van der Waals surface area contributed by atoms with Gasteiger partial charge in [-0.3, -0.25) is 4.79 Å². The molecule has 26 heavy (non-hydrogen) atoms. The standard InChI is InChI=1S/C20H22N2O2S2/c1-13-11-14(2)18-16(12-13)22(9-10-25-4)20(26-18)21-19(23)15-7-5-6-8-17(15)24-3/h5-8,11-12H,9-10H2,1-4H3. The van der Waals surface area contributed by atoms with Crippen LogP contribution in [0.2, 0.25) is 0 Å². The van der Waals surface area contributed by atoms with E-state index in [1.807, 2.05) is 12.1 Å². The minimum Gasteiger partial charge on any atom is -0.496 e. The first-order valence-corrected chi connectivity index (χ1v) is 10.6. The summed E-state index contributed by atoms with van der Waals surface area (Å²) in [6.07, 6.45) is 2.09. The zero-order valence-corrected chi connectivity index (χ0v) is 17.0. The van der Waals surface area contributed by atoms with E-state index in [-0.39, 0.29) is 5.91 Å². The summed E-state index contributed by atoms with van der Waals surface area (Å²) < 4.78 is 8.65. The van der Waals surface area contributed by atoms with Gasteiger partial charge >= 0.3 is 0 Å². The molecule has 1 heterocycles. The number of aryl methyl sites for hydroxylation is 3. The molecule has 0 aliphatic heterocycles. The number of amides is 1. The predicted octanol–water partition coefficient (Wildman–Crippen LogP) is 4.43. The number of benzene rings is 2. The number of thiazole rings is 1. The molecular weight excluding hydrogens is 364 g/mol. The first-order chi connectivity index (χ1) is 12.5. The van der Waals surface area contributed by atoms with E-state index in [9.17, 15) is 4.79 Å². The summed E-state index contributed by atoms with van der Waals surface area (Å²) in [4.78, 5) is 18.0. The molecule has 0 saturated heterocycles. The molecule has 0 N–H and O–H groups in total. The lowest BCUT2D eigenvalue weighted by Crippen LogP contribution is -2.18. The number of para-hydroxylation sites is 1. The summed E-state index contributed by atoms with van der Waals surface area (Å²) in [7, 11) is 1.57. The highest BCUT2D eigenvalue weighted by Crippen LogP contribution is 2.24. The molecule has 0 saturated carbocycles. The Morgan fingerprint density at radius 3 is 2.77 bits per heavy atom. The number of nitrogens with zero attached hydrogens (tertiary/aromatic N) is 2. The highest BCUT2D eigenvalue weighted by Gasteiger charge is 2.14. The fraction of sp³-hybridized carbons (Fsp3) is 0.300. The number of fused-ring (bicyclic) bond motifs is 1. The van der Waals surface area contributed by atoms with Crippen molar-refractivity contribution in [2.45, 2.75) is 20.4 Å². The number of hydrogen-bond acceptors (Lipinski definition) is 4. The van der Waals surface area contributed by atoms with Gasteiger partial charge < -0.3 is 9.30 Å². The molecule has 0 fully saturated rings. The maximum atomic E-state index is 12.8. The SMILES string of the molecule is COc1ccccc1C(=O)N=c1sc2c(C)cc(C)cc2n1CCSC. The number of carbonyl (C=O) groups excluding carboxylic acids is 1. The molecule has 1 amide bonds. The Hall–Kier alpha value is -2.05. The number of thioether (sulfide) groups is 1. The third-order valence-electron chi connectivity index (χ3n) is 4.17. The van der Waals surface area contributed by atoms with Crippen LogP contribution in [0, 0.1) is 13.8 Å². The van der Waals surface area contributed by atoms with Gasteiger partial charge in [-0.15, -0.1) is 0 Å². The van der Waals surface area contributed by atoms with Crippen molar-refractivity contribution >= 4 is 39.2 Å². The Morgan fingerprint density at radius 2 is 2.04 bits per heavy atom. The van der Waals surface area contributed by atoms with Gasteiger partial charge in [0.2, 0.25) is 0 Å². The van der Waals surface area contributed by atoms with Crippen molar-refractivity contribution in [3.8, 4) is 5.75 Å². The van der Waals surface area contributed by atoms with Gasteiger partial charge in [0.05, 0.1) is 22.9 Å². The predicted molar refractivity (Wildman–Crippen MR) is 111 cm³/mol. The first-order valence-electron chi connectivity index (χ1n) is 8.36. The molecule has 1 aromatic heterocycles. The first kappa shape index (κ1) is 18.7. The summed E-state index contributed by atoms with van der Waals surface area (Å²) >= 11 is 3.36. The second-order valence-corrected chi connectivity index (χ2v) is 8.04. The van der Waals surface area contributed by atoms with Gasteiger partial charge in [-0.25, -0.2) is 0 Å². The molecule has 2 aromatic carbocycles. The molecule has 3 rings (SSSR count). The van der Waals surface area contributed by atoms with Crippen LogP contribution in [0.15, 0.2) is 41.4 Å². The van der Waals surface area contributed by atoms with Crippen LogP contribution in [-0.4, -0.2) is 29.6 Å². The number of aromatic nitrogens is 1. The second-order valence-electron chi connectivity index (χ2n) is 6.08. The Labute approximate surface area is 161 Å². The molecule has 0 aliphatic carbocycles. The van der Waals surface area contributed by atoms with E-state index in [0.29, 0.717) is 11.3 Å². The molecule has 0 aliphatic rings. The topological polar surface area (TPSA) is 43.6 Å². The van der Waals surface area contributed by atoms with Crippen molar-refractivity contribution < 1.29 is 9.53 Å². The average Bonchev–Trinajstić information content (AvgIpc) is 2.97. The van der Waals surface area contributed by atoms with Crippen molar-refractivity contribution in [3.05, 3.63) is 57.9 Å². The molecule has 3 aromatic rings. The summed E-state index contributed by atoms with van der Waals surface area (Å²) in [5.41, 5.74) is 4.06. The van der Waals surface area contributed by atoms with Crippen LogP contribution in [0.5, 0.6) is 5.75 Å². The number of methoxy groups -OCH3 is 1. The fourth-order valence-electron chi connectivity index (χ4n) is 2.96. The molecule has 0 spiro atoms. The maximum Gasteiger partial charge on any atom is 0.283 e. The van der Waals surface area contributed by atoms with E-state index in [0.717, 1.165) is 22.6 Å². The van der Waals surface area contributed by atoms with Crippen molar-refractivity contribution in [1.29, 1.82) is 0 Å². The largest absolute Gasteiger partial charge is 0.496 e. The summed E-state index contributed by atoms with van der Waals surface area (Å²) in [6.45, 7) is 5.03. The van der Waals surface area contributed by atoms with Crippen LogP contribution in [0.1, 0.15) is 21.5 Å². The molecule has 4 nitrogen and oxygen atoms in total. The fourth-order valence-corrected chi connectivity index (χ4v) is 4.43. The van der Waals surface area contributed by atoms with E-state index < -0.39 is 0 Å². The van der Waals surface area contributed by atoms with Gasteiger partial charge in [0.15, 0.2) is 4.80 Å². The summed E-state index contributed by atoms with van der Waals surface area (Å²) in [5, 5.41) is 0. The molecule has 0 radical (unpaired) electrons. The zero-order chi connectivity index (χ0) is 18.7. The molecular formula is C20H22N2O2S2. The number of carbonyl (C=O) groups is 1. The number of rotatable bonds is 5. The van der Waals surface area contributed by atoms with E-state index in [1.165, 1.54) is 15.8 Å². The normalized spacial score (nSPS) is 11.9. The lowest BCUT2D eigenvalue weighted by atomic mass is 10.1. The van der Waals surface area contributed by atoms with Crippen molar-refractivity contribution in [1.82, 2.24) is 4.57 Å². The van der Waals surface area contributed by atoms with Crippen LogP contribution >= 0.6 is 23.1 Å². The highest BCUT2D eigenvalue weighted by molar-refractivity contribution is 7.98. The van der Waals surface area contributed by atoms with Crippen LogP contribution in [0.25, 0.3) is 10.2 Å². The highest BCUT2D eigenvalue weighted by atomic mass is 32.2. The minimum atomic E-state index is -0.277. The van der Waals surface area contributed by atoms with Gasteiger partial charge in [0.1, 0.15) is 5.75 Å². The van der Waals surface area contributed by atoms with Crippen LogP contribution in [-0.2, 0) is 6.54 Å². The molecule has 0 unspecified atom stereocenters. The van der Waals surface area contributed by atoms with Crippen molar-refractivity contribution in [2.75, 3.05) is 19.1 Å². The third-order valence-corrected chi connectivity index (χ3v) is 5.99. The van der Waals surface area contributed by atoms with E-state index in [2.05, 4.69) is 41.8 Å². The average molecular weight is 387 g/mol. The van der Waals surface area contributed by atoms with Gasteiger partial charge in [-0.05, 0) is 49.4 Å². The maximum absolute atomic E-state index is 12.8. The van der Waals surface area contributed by atoms with Crippen LogP contribution in [0.4, 0.5) is 0 Å². The lowest BCUT2D eigenvalue weighted by molar-refractivity contribution is 0.0995. The van der Waals surface area contributed by atoms with Crippen LogP contribution < -0.4 is 9.54 Å². The Morgan fingerprint density at radius 1 is 1.27 bits per heavy atom. The molecule has 136 valence electrons. The second kappa shape index (κ2) is 8.10. The number of hydrogen-bond donors (Lipinski definition) is 0. The Bertz CT molecular complexity index is 1020. The lowest BCUT2D eigenvalue weighted by Gasteiger charge is -2.06. The third kappa shape index (κ3) is 3.71. The smallest absolute Gasteiger partial charge is 0.283 e. The Kier molecular flexibility index (Phi) is 5.84. The van der Waals surface area contributed by atoms with Crippen molar-refractivity contribution in [3.63, 3.8) is 0 Å². The van der Waals surface area contributed by atoms with Gasteiger partial charge in [-0.1, -0.05) is 29.5 Å². The van der Waals surface area contributed by atoms with Crippen molar-refractivity contribution in [2.24, 2.45) is 4.99 Å². The molecule has 6 heteroatoms. The quantitative estimate of drug-likeness (QED) is 0.651. The van der Waals surface area contributed by atoms with E-state index >= 15 is 0 Å². The molecule has 0 atom stereocenters. The van der Waals surface area contributed by atoms with Gasteiger partial charge in [0, 0.05) is 12.3 Å². The van der Waals surface area contributed by atoms with E-state index in [4.69, 9.17) is 4.74 Å². The van der Waals surface area contributed by atoms with E-state index in [1.54, 1.807) is 42.3 Å². The summed E-state index contributed by atoms with van der Waals surface area (Å²) in [6, 6.07) is 11.5.